The van der Waals surface area contributed by atoms with Crippen LogP contribution in [0.15, 0.2) is 42.0 Å². The zero-order valence-corrected chi connectivity index (χ0v) is 9.50. The Labute approximate surface area is 96.9 Å². The molecule has 16 heavy (non-hydrogen) atoms. The molecule has 1 aromatic rings. The van der Waals surface area contributed by atoms with Crippen LogP contribution >= 0.6 is 0 Å². The molecule has 0 aromatic heterocycles. The van der Waals surface area contributed by atoms with Crippen molar-refractivity contribution in [1.29, 1.82) is 0 Å². The van der Waals surface area contributed by atoms with Crippen LogP contribution in [0.1, 0.15) is 24.0 Å². The topological polar surface area (TPSA) is 12.0 Å². The lowest BCUT2D eigenvalue weighted by atomic mass is 9.96. The van der Waals surface area contributed by atoms with Crippen LogP contribution in [0.25, 0.3) is 5.57 Å². The smallest absolute Gasteiger partial charge is 0.0137 e. The maximum Gasteiger partial charge on any atom is 0.0137 e. The first-order valence-electron chi connectivity index (χ1n) is 6.09. The Bertz CT molecular complexity index is 454. The molecule has 0 atom stereocenters. The second-order valence-corrected chi connectivity index (χ2v) is 4.58. The molecule has 0 radical (unpaired) electrons. The fourth-order valence-corrected chi connectivity index (χ4v) is 2.60. The van der Waals surface area contributed by atoms with Gasteiger partial charge in [0.25, 0.3) is 0 Å². The van der Waals surface area contributed by atoms with Gasteiger partial charge < -0.3 is 5.32 Å². The molecule has 0 saturated carbocycles. The molecule has 1 aliphatic heterocycles. The number of hydrogen-bond donors (Lipinski definition) is 1. The lowest BCUT2D eigenvalue weighted by molar-refractivity contribution is 0.696. The molecule has 3 rings (SSSR count). The molecule has 1 N–H and O–H groups in total. The highest BCUT2D eigenvalue weighted by Gasteiger charge is 2.14. The van der Waals surface area contributed by atoms with E-state index in [9.17, 15) is 0 Å². The van der Waals surface area contributed by atoms with E-state index in [-0.39, 0.29) is 0 Å². The first-order valence-corrected chi connectivity index (χ1v) is 6.09. The summed E-state index contributed by atoms with van der Waals surface area (Å²) in [5, 5.41) is 3.36. The third kappa shape index (κ3) is 1.83. The molecule has 1 aliphatic carbocycles. The SMILES string of the molecule is C1=C(CC2=CCc3ccccc32)CCNC1. The molecule has 0 bridgehead atoms. The van der Waals surface area contributed by atoms with Crippen LogP contribution in [-0.4, -0.2) is 13.1 Å². The van der Waals surface area contributed by atoms with Crippen molar-refractivity contribution < 1.29 is 0 Å². The summed E-state index contributed by atoms with van der Waals surface area (Å²) in [6.07, 6.45) is 8.23. The van der Waals surface area contributed by atoms with E-state index in [1.807, 2.05) is 0 Å². The summed E-state index contributed by atoms with van der Waals surface area (Å²) in [6.45, 7) is 2.19. The molecule has 1 nitrogen and oxygen atoms in total. The molecule has 1 heteroatoms. The minimum absolute atomic E-state index is 1.05. The Morgan fingerprint density at radius 1 is 1.12 bits per heavy atom. The highest BCUT2D eigenvalue weighted by atomic mass is 14.8. The lowest BCUT2D eigenvalue weighted by Gasteiger charge is -2.15. The van der Waals surface area contributed by atoms with Gasteiger partial charge in [0.1, 0.15) is 0 Å². The van der Waals surface area contributed by atoms with E-state index in [2.05, 4.69) is 41.7 Å². The van der Waals surface area contributed by atoms with Gasteiger partial charge in [-0.3, -0.25) is 0 Å². The number of hydrogen-bond acceptors (Lipinski definition) is 1. The van der Waals surface area contributed by atoms with Crippen molar-refractivity contribution in [3.63, 3.8) is 0 Å². The Hall–Kier alpha value is -1.34. The molecule has 0 amide bonds. The van der Waals surface area contributed by atoms with Gasteiger partial charge in [-0.15, -0.1) is 0 Å². The van der Waals surface area contributed by atoms with Crippen LogP contribution in [0, 0.1) is 0 Å². The molecule has 0 unspecified atom stereocenters. The van der Waals surface area contributed by atoms with Gasteiger partial charge in [-0.05, 0) is 42.5 Å². The molecule has 82 valence electrons. The molecule has 1 heterocycles. The van der Waals surface area contributed by atoms with Crippen molar-refractivity contribution >= 4 is 5.57 Å². The summed E-state index contributed by atoms with van der Waals surface area (Å²) in [6, 6.07) is 8.79. The molecular formula is C15H17N. The van der Waals surface area contributed by atoms with Crippen molar-refractivity contribution in [3.8, 4) is 0 Å². The summed E-state index contributed by atoms with van der Waals surface area (Å²) >= 11 is 0. The van der Waals surface area contributed by atoms with E-state index >= 15 is 0 Å². The fraction of sp³-hybridized carbons (Fsp3) is 0.333. The zero-order valence-electron chi connectivity index (χ0n) is 9.50. The number of nitrogens with one attached hydrogen (secondary N) is 1. The van der Waals surface area contributed by atoms with Crippen molar-refractivity contribution in [3.05, 3.63) is 53.1 Å². The number of fused-ring (bicyclic) bond motifs is 1. The Kier molecular flexibility index (Phi) is 2.63. The number of allylic oxidation sites excluding steroid dienone is 2. The van der Waals surface area contributed by atoms with Gasteiger partial charge in [0.2, 0.25) is 0 Å². The Morgan fingerprint density at radius 3 is 2.94 bits per heavy atom. The lowest BCUT2D eigenvalue weighted by Crippen LogP contribution is -2.20. The van der Waals surface area contributed by atoms with E-state index in [1.54, 1.807) is 5.57 Å². The summed E-state index contributed by atoms with van der Waals surface area (Å²) in [5.74, 6) is 0. The highest BCUT2D eigenvalue weighted by Crippen LogP contribution is 2.32. The van der Waals surface area contributed by atoms with Crippen molar-refractivity contribution in [2.75, 3.05) is 13.1 Å². The van der Waals surface area contributed by atoms with Crippen molar-refractivity contribution in [1.82, 2.24) is 5.32 Å². The molecule has 1 aromatic carbocycles. The minimum Gasteiger partial charge on any atom is -0.313 e. The highest BCUT2D eigenvalue weighted by molar-refractivity contribution is 5.74. The predicted octanol–water partition coefficient (Wildman–Crippen LogP) is 2.94. The maximum absolute atomic E-state index is 3.36. The van der Waals surface area contributed by atoms with Gasteiger partial charge >= 0.3 is 0 Å². The Balaban J connectivity index is 1.80. The monoisotopic (exact) mass is 211 g/mol. The largest absolute Gasteiger partial charge is 0.313 e. The fourth-order valence-electron chi connectivity index (χ4n) is 2.60. The number of benzene rings is 1. The van der Waals surface area contributed by atoms with Crippen LogP contribution in [0.2, 0.25) is 0 Å². The average molecular weight is 211 g/mol. The normalized spacial score (nSPS) is 19.0. The summed E-state index contributed by atoms with van der Waals surface area (Å²) in [5.41, 5.74) is 6.10. The van der Waals surface area contributed by atoms with E-state index < -0.39 is 0 Å². The van der Waals surface area contributed by atoms with Gasteiger partial charge in [-0.1, -0.05) is 42.0 Å². The number of rotatable bonds is 2. The van der Waals surface area contributed by atoms with Crippen LogP contribution in [0.4, 0.5) is 0 Å². The van der Waals surface area contributed by atoms with E-state index in [0.717, 1.165) is 25.9 Å². The summed E-state index contributed by atoms with van der Waals surface area (Å²) < 4.78 is 0. The summed E-state index contributed by atoms with van der Waals surface area (Å²) in [7, 11) is 0. The third-order valence-corrected chi connectivity index (χ3v) is 3.51. The predicted molar refractivity (Wildman–Crippen MR) is 68.3 cm³/mol. The van der Waals surface area contributed by atoms with Gasteiger partial charge in [0.15, 0.2) is 0 Å². The van der Waals surface area contributed by atoms with E-state index in [1.165, 1.54) is 23.1 Å². The van der Waals surface area contributed by atoms with Crippen LogP contribution in [0.3, 0.4) is 0 Å². The van der Waals surface area contributed by atoms with Gasteiger partial charge in [0, 0.05) is 6.54 Å². The average Bonchev–Trinajstić information content (AvgIpc) is 2.74. The maximum atomic E-state index is 3.36. The van der Waals surface area contributed by atoms with Crippen LogP contribution in [0.5, 0.6) is 0 Å². The molecule has 2 aliphatic rings. The van der Waals surface area contributed by atoms with Crippen LogP contribution in [-0.2, 0) is 6.42 Å². The summed E-state index contributed by atoms with van der Waals surface area (Å²) in [4.78, 5) is 0. The second kappa shape index (κ2) is 4.26. The van der Waals surface area contributed by atoms with Crippen LogP contribution < -0.4 is 5.32 Å². The minimum atomic E-state index is 1.05. The van der Waals surface area contributed by atoms with Gasteiger partial charge in [-0.25, -0.2) is 0 Å². The standard InChI is InChI=1S/C15H17N/c1-2-4-15-13(3-1)5-6-14(15)11-12-7-9-16-10-8-12/h1-4,6-7,16H,5,8-11H2. The van der Waals surface area contributed by atoms with E-state index in [4.69, 9.17) is 0 Å². The quantitative estimate of drug-likeness (QED) is 0.742. The third-order valence-electron chi connectivity index (χ3n) is 3.51. The zero-order chi connectivity index (χ0) is 10.8. The molecule has 0 spiro atoms. The van der Waals surface area contributed by atoms with Crippen molar-refractivity contribution in [2.24, 2.45) is 0 Å². The first kappa shape index (κ1) is 9.86. The van der Waals surface area contributed by atoms with Crippen molar-refractivity contribution in [2.45, 2.75) is 19.3 Å². The molecule has 0 fully saturated rings. The molecule has 0 saturated heterocycles. The van der Waals surface area contributed by atoms with E-state index in [0.29, 0.717) is 0 Å². The second-order valence-electron chi connectivity index (χ2n) is 4.58. The van der Waals surface area contributed by atoms with Gasteiger partial charge in [0.05, 0.1) is 0 Å². The molecular weight excluding hydrogens is 194 g/mol. The first-order chi connectivity index (χ1) is 7.93. The Morgan fingerprint density at radius 2 is 2.06 bits per heavy atom. The van der Waals surface area contributed by atoms with Gasteiger partial charge in [-0.2, -0.15) is 0 Å².